The Labute approximate surface area is 60.4 Å². The lowest BCUT2D eigenvalue weighted by molar-refractivity contribution is 0.0631. The molecule has 0 aliphatic carbocycles. The van der Waals surface area contributed by atoms with Crippen LogP contribution in [0, 0.1) is 0 Å². The number of ether oxygens (including phenoxy) is 1. The first kappa shape index (κ1) is 6.58. The molecule has 0 unspecified atom stereocenters. The first-order chi connectivity index (χ1) is 4.85. The molecule has 0 saturated carbocycles. The summed E-state index contributed by atoms with van der Waals surface area (Å²) in [6.45, 7) is 2.03. The van der Waals surface area contributed by atoms with E-state index in [2.05, 4.69) is 5.32 Å². The summed E-state index contributed by atoms with van der Waals surface area (Å²) < 4.78 is 5.43. The first-order valence-corrected chi connectivity index (χ1v) is 3.82. The third-order valence-corrected chi connectivity index (χ3v) is 2.51. The van der Waals surface area contributed by atoms with Gasteiger partial charge in [-0.15, -0.1) is 0 Å². The van der Waals surface area contributed by atoms with Crippen molar-refractivity contribution in [2.24, 2.45) is 0 Å². The van der Waals surface area contributed by atoms with Crippen LogP contribution in [0.1, 0.15) is 12.8 Å². The lowest BCUT2D eigenvalue weighted by atomic mass is 9.97. The van der Waals surface area contributed by atoms with Crippen molar-refractivity contribution in [1.29, 1.82) is 0 Å². The highest BCUT2D eigenvalue weighted by Crippen LogP contribution is 2.32. The molecule has 3 heteroatoms. The second-order valence-electron chi connectivity index (χ2n) is 3.27. The predicted molar refractivity (Wildman–Crippen MR) is 36.8 cm³/mol. The first-order valence-electron chi connectivity index (χ1n) is 3.82. The van der Waals surface area contributed by atoms with E-state index < -0.39 is 0 Å². The van der Waals surface area contributed by atoms with Gasteiger partial charge in [-0.2, -0.15) is 0 Å². The quantitative estimate of drug-likeness (QED) is 0.547. The zero-order chi connectivity index (χ0) is 7.03. The van der Waals surface area contributed by atoms with Crippen LogP contribution in [0.25, 0.3) is 0 Å². The summed E-state index contributed by atoms with van der Waals surface area (Å²) in [7, 11) is 0. The van der Waals surface area contributed by atoms with Crippen LogP contribution in [0.3, 0.4) is 0 Å². The van der Waals surface area contributed by atoms with Crippen LogP contribution in [-0.4, -0.2) is 36.5 Å². The van der Waals surface area contributed by atoms with E-state index in [9.17, 15) is 0 Å². The number of hydrogen-bond acceptors (Lipinski definition) is 3. The number of rotatable bonds is 2. The van der Waals surface area contributed by atoms with E-state index in [-0.39, 0.29) is 12.1 Å². The highest BCUT2D eigenvalue weighted by atomic mass is 16.5. The van der Waals surface area contributed by atoms with Crippen LogP contribution in [0.15, 0.2) is 0 Å². The smallest absolute Gasteiger partial charge is 0.0719 e. The van der Waals surface area contributed by atoms with Gasteiger partial charge in [-0.25, -0.2) is 0 Å². The Morgan fingerprint density at radius 3 is 3.00 bits per heavy atom. The molecule has 2 saturated heterocycles. The fourth-order valence-corrected chi connectivity index (χ4v) is 1.89. The van der Waals surface area contributed by atoms with Gasteiger partial charge in [0, 0.05) is 18.7 Å². The van der Waals surface area contributed by atoms with Gasteiger partial charge in [0.1, 0.15) is 0 Å². The second-order valence-corrected chi connectivity index (χ2v) is 3.27. The summed E-state index contributed by atoms with van der Waals surface area (Å²) in [4.78, 5) is 0. The van der Waals surface area contributed by atoms with Crippen molar-refractivity contribution in [2.45, 2.75) is 24.5 Å². The average molecular weight is 143 g/mol. The van der Waals surface area contributed by atoms with E-state index in [0.29, 0.717) is 6.10 Å². The van der Waals surface area contributed by atoms with Crippen LogP contribution in [0.4, 0.5) is 0 Å². The van der Waals surface area contributed by atoms with Gasteiger partial charge in [-0.1, -0.05) is 0 Å². The van der Waals surface area contributed by atoms with Crippen LogP contribution in [0.2, 0.25) is 0 Å². The summed E-state index contributed by atoms with van der Waals surface area (Å²) in [5.41, 5.74) is 0.138. The van der Waals surface area contributed by atoms with Crippen LogP contribution in [0.5, 0.6) is 0 Å². The highest BCUT2D eigenvalue weighted by molar-refractivity contribution is 5.02. The molecule has 10 heavy (non-hydrogen) atoms. The maximum absolute atomic E-state index is 8.75. The number of aliphatic hydroxyl groups is 1. The van der Waals surface area contributed by atoms with E-state index in [1.54, 1.807) is 0 Å². The molecule has 0 aromatic heterocycles. The Kier molecular flexibility index (Phi) is 1.44. The van der Waals surface area contributed by atoms with Gasteiger partial charge < -0.3 is 15.2 Å². The molecule has 2 aliphatic rings. The van der Waals surface area contributed by atoms with Crippen molar-refractivity contribution >= 4 is 0 Å². The van der Waals surface area contributed by atoms with Gasteiger partial charge in [0.2, 0.25) is 0 Å². The Morgan fingerprint density at radius 1 is 1.70 bits per heavy atom. The van der Waals surface area contributed by atoms with E-state index in [1.165, 1.54) is 0 Å². The van der Waals surface area contributed by atoms with Crippen molar-refractivity contribution in [3.8, 4) is 0 Å². The summed E-state index contributed by atoms with van der Waals surface area (Å²) in [5, 5.41) is 12.1. The zero-order valence-electron chi connectivity index (χ0n) is 5.97. The van der Waals surface area contributed by atoms with E-state index in [4.69, 9.17) is 9.84 Å². The van der Waals surface area contributed by atoms with Crippen molar-refractivity contribution in [3.63, 3.8) is 0 Å². The van der Waals surface area contributed by atoms with E-state index in [0.717, 1.165) is 26.0 Å². The lowest BCUT2D eigenvalue weighted by Gasteiger charge is -2.25. The van der Waals surface area contributed by atoms with Crippen molar-refractivity contribution in [2.75, 3.05) is 19.8 Å². The molecule has 2 N–H and O–H groups in total. The largest absolute Gasteiger partial charge is 0.396 e. The molecule has 3 nitrogen and oxygen atoms in total. The molecule has 2 rings (SSSR count). The third kappa shape index (κ3) is 0.856. The van der Waals surface area contributed by atoms with Gasteiger partial charge in [-0.3, -0.25) is 0 Å². The second kappa shape index (κ2) is 2.19. The number of nitrogens with one attached hydrogen (secondary N) is 1. The standard InChI is InChI=1S/C7H13NO2/c9-2-1-7-3-6(4-8-7)10-5-7/h6,8-9H,1-5H2/t6-,7-/m1/s1. The molecule has 58 valence electrons. The Hall–Kier alpha value is -0.120. The molecule has 0 aromatic carbocycles. The molecule has 2 heterocycles. The zero-order valence-corrected chi connectivity index (χ0v) is 5.97. The molecule has 2 fully saturated rings. The minimum absolute atomic E-state index is 0.138. The molecule has 0 aromatic rings. The average Bonchev–Trinajstić information content (AvgIpc) is 2.46. The van der Waals surface area contributed by atoms with Gasteiger partial charge in [0.15, 0.2) is 0 Å². The summed E-state index contributed by atoms with van der Waals surface area (Å²) in [6, 6.07) is 0. The molecule has 2 aliphatic heterocycles. The topological polar surface area (TPSA) is 41.5 Å². The fourth-order valence-electron chi connectivity index (χ4n) is 1.89. The maximum Gasteiger partial charge on any atom is 0.0719 e. The number of aliphatic hydroxyl groups excluding tert-OH is 1. The maximum atomic E-state index is 8.75. The number of hydrogen-bond donors (Lipinski definition) is 2. The summed E-state index contributed by atoms with van der Waals surface area (Å²) in [6.07, 6.45) is 2.35. The summed E-state index contributed by atoms with van der Waals surface area (Å²) in [5.74, 6) is 0. The van der Waals surface area contributed by atoms with E-state index in [1.807, 2.05) is 0 Å². The highest BCUT2D eigenvalue weighted by Gasteiger charge is 2.45. The molecule has 2 bridgehead atoms. The SMILES string of the molecule is OCC[C@@]12CO[C@@H](CN1)C2. The molecule has 2 atom stereocenters. The van der Waals surface area contributed by atoms with Crippen LogP contribution < -0.4 is 5.32 Å². The molecular formula is C7H13NO2. The normalized spacial score (nSPS) is 44.7. The third-order valence-electron chi connectivity index (χ3n) is 2.51. The number of fused-ring (bicyclic) bond motifs is 2. The monoisotopic (exact) mass is 143 g/mol. The van der Waals surface area contributed by atoms with Crippen molar-refractivity contribution in [3.05, 3.63) is 0 Å². The van der Waals surface area contributed by atoms with Gasteiger partial charge in [0.05, 0.1) is 12.7 Å². The van der Waals surface area contributed by atoms with Gasteiger partial charge in [-0.05, 0) is 12.8 Å². The number of morpholine rings is 1. The van der Waals surface area contributed by atoms with Crippen molar-refractivity contribution in [1.82, 2.24) is 5.32 Å². The van der Waals surface area contributed by atoms with Crippen LogP contribution >= 0.6 is 0 Å². The molecule has 0 spiro atoms. The minimum atomic E-state index is 0.138. The van der Waals surface area contributed by atoms with Gasteiger partial charge in [0.25, 0.3) is 0 Å². The molecular weight excluding hydrogens is 130 g/mol. The fraction of sp³-hybridized carbons (Fsp3) is 1.00. The Balaban J connectivity index is 2.01. The lowest BCUT2D eigenvalue weighted by Crippen LogP contribution is -2.45. The Morgan fingerprint density at radius 2 is 2.60 bits per heavy atom. The van der Waals surface area contributed by atoms with Crippen LogP contribution in [-0.2, 0) is 4.74 Å². The van der Waals surface area contributed by atoms with E-state index >= 15 is 0 Å². The van der Waals surface area contributed by atoms with Gasteiger partial charge >= 0.3 is 0 Å². The molecule has 0 amide bonds. The predicted octanol–water partition coefficient (Wildman–Crippen LogP) is -0.500. The molecule has 0 radical (unpaired) electrons. The summed E-state index contributed by atoms with van der Waals surface area (Å²) >= 11 is 0. The minimum Gasteiger partial charge on any atom is -0.396 e. The van der Waals surface area contributed by atoms with Crippen molar-refractivity contribution < 1.29 is 9.84 Å². The Bertz CT molecular complexity index is 130.